The number of hydrogen-bond acceptors (Lipinski definition) is 5. The number of piperidine rings is 1. The Balaban J connectivity index is 1.15. The number of ether oxygens (including phenoxy) is 1. The van der Waals surface area contributed by atoms with E-state index >= 15 is 0 Å². The van der Waals surface area contributed by atoms with Gasteiger partial charge in [-0.25, -0.2) is 0 Å². The Kier molecular flexibility index (Phi) is 5.63. The minimum Gasteiger partial charge on any atom is -0.492 e. The van der Waals surface area contributed by atoms with Crippen LogP contribution in [0.5, 0.6) is 5.75 Å². The first kappa shape index (κ1) is 21.0. The molecule has 2 aliphatic heterocycles. The average Bonchev–Trinajstić information content (AvgIpc) is 3.38. The summed E-state index contributed by atoms with van der Waals surface area (Å²) < 4.78 is 34.6. The van der Waals surface area contributed by atoms with Crippen molar-refractivity contribution < 1.29 is 17.9 Å². The Morgan fingerprint density at radius 2 is 1.97 bits per heavy atom. The SMILES string of the molecule is O=C(NCCOc1ccc2c(c1)CCC2)C1CCCN(C2=NS(=O)(=O)c3ccccc32)C1. The second-order valence-corrected chi connectivity index (χ2v) is 10.2. The number of amides is 1. The zero-order chi connectivity index (χ0) is 22.1. The highest BCUT2D eigenvalue weighted by atomic mass is 32.2. The van der Waals surface area contributed by atoms with Gasteiger partial charge < -0.3 is 15.0 Å². The van der Waals surface area contributed by atoms with Crippen LogP contribution < -0.4 is 10.1 Å². The zero-order valence-electron chi connectivity index (χ0n) is 17.9. The van der Waals surface area contributed by atoms with Gasteiger partial charge in [-0.3, -0.25) is 4.79 Å². The third kappa shape index (κ3) is 4.11. The molecule has 1 unspecified atom stereocenters. The molecule has 0 bridgehead atoms. The summed E-state index contributed by atoms with van der Waals surface area (Å²) in [5.74, 6) is 1.07. The molecule has 32 heavy (non-hydrogen) atoms. The van der Waals surface area contributed by atoms with Gasteiger partial charge in [-0.2, -0.15) is 8.42 Å². The van der Waals surface area contributed by atoms with E-state index in [0.29, 0.717) is 37.6 Å². The fourth-order valence-corrected chi connectivity index (χ4v) is 6.05. The van der Waals surface area contributed by atoms with E-state index in [-0.39, 0.29) is 16.7 Å². The predicted octanol–water partition coefficient (Wildman–Crippen LogP) is 2.53. The number of rotatable bonds is 5. The number of carbonyl (C=O) groups is 1. The first-order chi connectivity index (χ1) is 15.5. The Bertz CT molecular complexity index is 1180. The minimum absolute atomic E-state index is 0.0259. The quantitative estimate of drug-likeness (QED) is 0.703. The molecule has 1 fully saturated rings. The normalized spacial score (nSPS) is 20.9. The minimum atomic E-state index is -3.66. The molecule has 0 spiro atoms. The molecule has 7 nitrogen and oxygen atoms in total. The average molecular weight is 454 g/mol. The number of aryl methyl sites for hydroxylation is 2. The largest absolute Gasteiger partial charge is 0.492 e. The van der Waals surface area contributed by atoms with Gasteiger partial charge in [-0.15, -0.1) is 4.40 Å². The summed E-state index contributed by atoms with van der Waals surface area (Å²) in [5.41, 5.74) is 3.40. The van der Waals surface area contributed by atoms with E-state index in [1.807, 2.05) is 17.0 Å². The first-order valence-electron chi connectivity index (χ1n) is 11.2. The second kappa shape index (κ2) is 8.58. The number of sulfonamides is 1. The molecule has 1 aliphatic carbocycles. The third-order valence-corrected chi connectivity index (χ3v) is 7.77. The molecule has 2 heterocycles. The van der Waals surface area contributed by atoms with Crippen LogP contribution in [0, 0.1) is 5.92 Å². The molecule has 0 radical (unpaired) electrons. The lowest BCUT2D eigenvalue weighted by molar-refractivity contribution is -0.126. The number of likely N-dealkylation sites (tertiary alicyclic amines) is 1. The molecule has 8 heteroatoms. The highest BCUT2D eigenvalue weighted by Crippen LogP contribution is 2.30. The van der Waals surface area contributed by atoms with Crippen molar-refractivity contribution in [1.82, 2.24) is 10.2 Å². The van der Waals surface area contributed by atoms with Gasteiger partial charge in [0, 0.05) is 18.7 Å². The van der Waals surface area contributed by atoms with E-state index in [2.05, 4.69) is 21.8 Å². The Hall–Kier alpha value is -2.87. The molecular weight excluding hydrogens is 426 g/mol. The number of fused-ring (bicyclic) bond motifs is 2. The molecule has 1 amide bonds. The Morgan fingerprint density at radius 1 is 1.12 bits per heavy atom. The lowest BCUT2D eigenvalue weighted by atomic mass is 9.96. The highest BCUT2D eigenvalue weighted by Gasteiger charge is 2.35. The van der Waals surface area contributed by atoms with Crippen molar-refractivity contribution >= 4 is 21.8 Å². The molecule has 0 saturated carbocycles. The summed E-state index contributed by atoms with van der Waals surface area (Å²) in [6.07, 6.45) is 5.05. The van der Waals surface area contributed by atoms with Crippen molar-refractivity contribution in [3.63, 3.8) is 0 Å². The summed E-state index contributed by atoms with van der Waals surface area (Å²) >= 11 is 0. The molecule has 3 aliphatic rings. The lowest BCUT2D eigenvalue weighted by Crippen LogP contribution is -2.46. The van der Waals surface area contributed by atoms with Gasteiger partial charge in [0.15, 0.2) is 5.84 Å². The topological polar surface area (TPSA) is 88.1 Å². The van der Waals surface area contributed by atoms with Crippen LogP contribution in [0.15, 0.2) is 51.8 Å². The van der Waals surface area contributed by atoms with Crippen LogP contribution >= 0.6 is 0 Å². The maximum Gasteiger partial charge on any atom is 0.285 e. The Labute approximate surface area is 188 Å². The van der Waals surface area contributed by atoms with Crippen LogP contribution in [0.1, 0.15) is 36.0 Å². The van der Waals surface area contributed by atoms with E-state index in [4.69, 9.17) is 4.74 Å². The van der Waals surface area contributed by atoms with Crippen LogP contribution in [-0.2, 0) is 27.7 Å². The van der Waals surface area contributed by atoms with Crippen LogP contribution in [0.2, 0.25) is 0 Å². The number of nitrogens with zero attached hydrogens (tertiary/aromatic N) is 2. The van der Waals surface area contributed by atoms with E-state index < -0.39 is 10.0 Å². The van der Waals surface area contributed by atoms with E-state index in [1.165, 1.54) is 17.5 Å². The van der Waals surface area contributed by atoms with Crippen molar-refractivity contribution in [1.29, 1.82) is 0 Å². The fraction of sp³-hybridized carbons (Fsp3) is 0.417. The first-order valence-corrected chi connectivity index (χ1v) is 12.7. The van der Waals surface area contributed by atoms with Crippen molar-refractivity contribution in [3.05, 3.63) is 59.2 Å². The number of hydrogen-bond donors (Lipinski definition) is 1. The highest BCUT2D eigenvalue weighted by molar-refractivity contribution is 7.90. The molecular formula is C24H27N3O4S. The van der Waals surface area contributed by atoms with Crippen molar-refractivity contribution in [2.24, 2.45) is 10.3 Å². The smallest absolute Gasteiger partial charge is 0.285 e. The maximum atomic E-state index is 12.7. The number of amidine groups is 1. The van der Waals surface area contributed by atoms with E-state index in [1.54, 1.807) is 18.2 Å². The van der Waals surface area contributed by atoms with Crippen LogP contribution in [0.25, 0.3) is 0 Å². The van der Waals surface area contributed by atoms with Gasteiger partial charge in [0.1, 0.15) is 17.3 Å². The van der Waals surface area contributed by atoms with Gasteiger partial charge in [-0.1, -0.05) is 18.2 Å². The lowest BCUT2D eigenvalue weighted by Gasteiger charge is -2.33. The van der Waals surface area contributed by atoms with Gasteiger partial charge in [-0.05, 0) is 67.5 Å². The van der Waals surface area contributed by atoms with Crippen molar-refractivity contribution in [3.8, 4) is 5.75 Å². The van der Waals surface area contributed by atoms with Crippen LogP contribution in [0.4, 0.5) is 0 Å². The van der Waals surface area contributed by atoms with E-state index in [0.717, 1.165) is 31.4 Å². The standard InChI is InChI=1S/C24H27N3O4S/c28-24(25-12-14-31-20-11-10-17-5-3-6-18(17)15-20)19-7-4-13-27(16-19)23-21-8-1-2-9-22(21)32(29,30)26-23/h1-2,8-11,15,19H,3-7,12-14,16H2,(H,25,28). The molecule has 0 aromatic heterocycles. The molecule has 5 rings (SSSR count). The fourth-order valence-electron chi connectivity index (χ4n) is 4.83. The predicted molar refractivity (Wildman–Crippen MR) is 121 cm³/mol. The van der Waals surface area contributed by atoms with Crippen molar-refractivity contribution in [2.75, 3.05) is 26.2 Å². The molecule has 168 valence electrons. The third-order valence-electron chi connectivity index (χ3n) is 6.44. The molecule has 1 atom stereocenters. The molecule has 1 N–H and O–H groups in total. The summed E-state index contributed by atoms with van der Waals surface area (Å²) in [6.45, 7) is 2.00. The summed E-state index contributed by atoms with van der Waals surface area (Å²) in [6, 6.07) is 13.1. The monoisotopic (exact) mass is 453 g/mol. The molecule has 2 aromatic rings. The zero-order valence-corrected chi connectivity index (χ0v) is 18.7. The van der Waals surface area contributed by atoms with Gasteiger partial charge in [0.25, 0.3) is 10.0 Å². The van der Waals surface area contributed by atoms with Crippen LogP contribution in [-0.4, -0.2) is 51.3 Å². The summed E-state index contributed by atoms with van der Waals surface area (Å²) in [4.78, 5) is 14.9. The molecule has 1 saturated heterocycles. The van der Waals surface area contributed by atoms with Crippen molar-refractivity contribution in [2.45, 2.75) is 37.0 Å². The van der Waals surface area contributed by atoms with Gasteiger partial charge in [0.05, 0.1) is 12.5 Å². The summed E-state index contributed by atoms with van der Waals surface area (Å²) in [7, 11) is -3.66. The van der Waals surface area contributed by atoms with Gasteiger partial charge >= 0.3 is 0 Å². The second-order valence-electron chi connectivity index (χ2n) is 8.59. The van der Waals surface area contributed by atoms with Crippen LogP contribution in [0.3, 0.4) is 0 Å². The van der Waals surface area contributed by atoms with Gasteiger partial charge in [0.2, 0.25) is 5.91 Å². The number of benzene rings is 2. The molecule has 2 aromatic carbocycles. The Morgan fingerprint density at radius 3 is 2.88 bits per heavy atom. The van der Waals surface area contributed by atoms with E-state index in [9.17, 15) is 13.2 Å². The summed E-state index contributed by atoms with van der Waals surface area (Å²) in [5, 5.41) is 2.97. The maximum absolute atomic E-state index is 12.7. The number of nitrogens with one attached hydrogen (secondary N) is 1. The number of carbonyl (C=O) groups excluding carboxylic acids is 1.